The lowest BCUT2D eigenvalue weighted by molar-refractivity contribution is -0.151. The number of aliphatic hydroxyl groups excluding tert-OH is 1. The Balaban J connectivity index is 1.50. The van der Waals surface area contributed by atoms with Crippen molar-refractivity contribution >= 4 is 5.97 Å². The van der Waals surface area contributed by atoms with Crippen LogP contribution in [0.4, 0.5) is 0 Å². The molecule has 0 bridgehead atoms. The van der Waals surface area contributed by atoms with Crippen molar-refractivity contribution in [3.05, 3.63) is 53.1 Å². The van der Waals surface area contributed by atoms with Crippen LogP contribution in [0.3, 0.4) is 0 Å². The molecular weight excluding hydrogens is 448 g/mol. The molecule has 2 heterocycles. The normalized spacial score (nSPS) is 14.6. The van der Waals surface area contributed by atoms with Crippen molar-refractivity contribution in [2.24, 2.45) is 0 Å². The van der Waals surface area contributed by atoms with Crippen LogP contribution in [0.15, 0.2) is 40.9 Å². The third-order valence-electron chi connectivity index (χ3n) is 5.90. The average Bonchev–Trinajstić information content (AvgIpc) is 3.27. The zero-order valence-corrected chi connectivity index (χ0v) is 20.0. The summed E-state index contributed by atoms with van der Waals surface area (Å²) in [4.78, 5) is 18.2. The Hall–Kier alpha value is -3.74. The average molecular weight is 477 g/mol. The molecule has 0 saturated carbocycles. The van der Waals surface area contributed by atoms with Crippen LogP contribution < -0.4 is 4.74 Å². The van der Waals surface area contributed by atoms with E-state index in [-0.39, 0.29) is 12.6 Å². The topological polar surface area (TPSA) is 122 Å². The monoisotopic (exact) mass is 476 g/mol. The molecular formula is C26H28N4O5. The van der Waals surface area contributed by atoms with Gasteiger partial charge in [0.05, 0.1) is 18.8 Å². The molecule has 1 aromatic heterocycles. The number of β-amino-alcohol motifs (C(OH)–C–C–N with tert-alkyl or cyclic N) is 1. The molecule has 1 N–H and O–H groups in total. The molecule has 0 unspecified atom stereocenters. The van der Waals surface area contributed by atoms with Crippen LogP contribution in [0.2, 0.25) is 0 Å². The fourth-order valence-corrected chi connectivity index (χ4v) is 4.11. The molecule has 0 amide bonds. The molecule has 35 heavy (non-hydrogen) atoms. The van der Waals surface area contributed by atoms with Crippen LogP contribution >= 0.6 is 0 Å². The molecule has 1 aliphatic rings. The first-order valence-corrected chi connectivity index (χ1v) is 11.5. The van der Waals surface area contributed by atoms with Gasteiger partial charge in [0.15, 0.2) is 6.10 Å². The lowest BCUT2D eigenvalue weighted by atomic mass is 10.00. The highest BCUT2D eigenvalue weighted by atomic mass is 16.5. The highest BCUT2D eigenvalue weighted by Gasteiger charge is 2.22. The van der Waals surface area contributed by atoms with Gasteiger partial charge in [-0.1, -0.05) is 17.3 Å². The lowest BCUT2D eigenvalue weighted by Crippen LogP contribution is -2.38. The predicted octanol–water partition coefficient (Wildman–Crippen LogP) is 3.00. The van der Waals surface area contributed by atoms with Gasteiger partial charge in [-0.2, -0.15) is 10.2 Å². The van der Waals surface area contributed by atoms with Gasteiger partial charge in [0, 0.05) is 30.8 Å². The van der Waals surface area contributed by atoms with E-state index in [4.69, 9.17) is 9.26 Å². The van der Waals surface area contributed by atoms with Crippen LogP contribution in [-0.2, 0) is 22.4 Å². The minimum absolute atomic E-state index is 0.0406. The number of carbonyl (C=O) groups excluding carboxylic acids is 1. The number of esters is 1. The highest BCUT2D eigenvalue weighted by Crippen LogP contribution is 2.29. The van der Waals surface area contributed by atoms with E-state index < -0.39 is 12.1 Å². The van der Waals surface area contributed by atoms with E-state index in [0.29, 0.717) is 35.1 Å². The van der Waals surface area contributed by atoms with Crippen LogP contribution in [-0.4, -0.2) is 65.1 Å². The number of aliphatic hydroxyl groups is 1. The smallest absolute Gasteiger partial charge is 0.336 e. The van der Waals surface area contributed by atoms with E-state index in [2.05, 4.69) is 38.0 Å². The fraction of sp³-hybridized carbons (Fsp3) is 0.385. The molecule has 0 saturated heterocycles. The maximum atomic E-state index is 11.5. The summed E-state index contributed by atoms with van der Waals surface area (Å²) in [6.45, 7) is 5.51. The summed E-state index contributed by atoms with van der Waals surface area (Å²) in [5, 5.41) is 23.6. The number of nitriles is 1. The highest BCUT2D eigenvalue weighted by molar-refractivity contribution is 5.74. The first kappa shape index (κ1) is 24.4. The molecule has 0 radical (unpaired) electrons. The Kier molecular flexibility index (Phi) is 7.44. The fourth-order valence-electron chi connectivity index (χ4n) is 4.11. The number of hydrogen-bond acceptors (Lipinski definition) is 9. The summed E-state index contributed by atoms with van der Waals surface area (Å²) < 4.78 is 15.8. The van der Waals surface area contributed by atoms with E-state index in [1.54, 1.807) is 18.2 Å². The van der Waals surface area contributed by atoms with Gasteiger partial charge in [-0.3, -0.25) is 4.90 Å². The van der Waals surface area contributed by atoms with Crippen LogP contribution in [0.1, 0.15) is 30.5 Å². The summed E-state index contributed by atoms with van der Waals surface area (Å²) in [6.07, 6.45) is 0.385. The molecule has 1 atom stereocenters. The molecule has 182 valence electrons. The van der Waals surface area contributed by atoms with Gasteiger partial charge in [0.1, 0.15) is 11.8 Å². The summed E-state index contributed by atoms with van der Waals surface area (Å²) in [5.41, 5.74) is 4.27. The third kappa shape index (κ3) is 5.67. The summed E-state index contributed by atoms with van der Waals surface area (Å²) in [7, 11) is 1.27. The van der Waals surface area contributed by atoms with E-state index >= 15 is 0 Å². The largest absolute Gasteiger partial charge is 0.490 e. The SMILES string of the molecule is COC(=O)[C@H](O)CN1CCc2ccc(-c3noc(-c4ccc(OC(C)C)c(C#N)c4)n3)cc2CC1. The van der Waals surface area contributed by atoms with Crippen molar-refractivity contribution in [3.63, 3.8) is 0 Å². The molecule has 0 spiro atoms. The Morgan fingerprint density at radius 2 is 1.91 bits per heavy atom. The predicted molar refractivity (Wildman–Crippen MR) is 128 cm³/mol. The number of hydrogen-bond donors (Lipinski definition) is 1. The Morgan fingerprint density at radius 1 is 1.17 bits per heavy atom. The van der Waals surface area contributed by atoms with Crippen LogP contribution in [0.25, 0.3) is 22.8 Å². The van der Waals surface area contributed by atoms with Crippen LogP contribution in [0.5, 0.6) is 5.75 Å². The first-order valence-electron chi connectivity index (χ1n) is 11.5. The number of methoxy groups -OCH3 is 1. The third-order valence-corrected chi connectivity index (χ3v) is 5.90. The van der Waals surface area contributed by atoms with Crippen LogP contribution in [0, 0.1) is 11.3 Å². The van der Waals surface area contributed by atoms with Gasteiger partial charge in [-0.25, -0.2) is 4.79 Å². The Morgan fingerprint density at radius 3 is 2.63 bits per heavy atom. The van der Waals surface area contributed by atoms with E-state index in [1.807, 2.05) is 19.9 Å². The lowest BCUT2D eigenvalue weighted by Gasteiger charge is -2.21. The molecule has 4 rings (SSSR count). The zero-order valence-electron chi connectivity index (χ0n) is 20.0. The number of aromatic nitrogens is 2. The van der Waals surface area contributed by atoms with Gasteiger partial charge >= 0.3 is 5.97 Å². The van der Waals surface area contributed by atoms with E-state index in [0.717, 1.165) is 24.9 Å². The molecule has 9 nitrogen and oxygen atoms in total. The second kappa shape index (κ2) is 10.7. The van der Waals surface area contributed by atoms with Gasteiger partial charge in [-0.05, 0) is 62.1 Å². The second-order valence-electron chi connectivity index (χ2n) is 8.74. The number of benzene rings is 2. The second-order valence-corrected chi connectivity index (χ2v) is 8.74. The number of carbonyl (C=O) groups is 1. The number of nitrogens with zero attached hydrogens (tertiary/aromatic N) is 4. The molecule has 3 aromatic rings. The minimum Gasteiger partial charge on any atom is -0.490 e. The summed E-state index contributed by atoms with van der Waals surface area (Å²) >= 11 is 0. The molecule has 0 aliphatic carbocycles. The summed E-state index contributed by atoms with van der Waals surface area (Å²) in [6, 6.07) is 13.5. The van der Waals surface area contributed by atoms with E-state index in [9.17, 15) is 15.2 Å². The zero-order chi connectivity index (χ0) is 24.9. The minimum atomic E-state index is -1.15. The van der Waals surface area contributed by atoms with Gasteiger partial charge in [0.25, 0.3) is 5.89 Å². The molecule has 1 aliphatic heterocycles. The van der Waals surface area contributed by atoms with Gasteiger partial charge in [-0.15, -0.1) is 0 Å². The van der Waals surface area contributed by atoms with Crippen molar-refractivity contribution in [1.82, 2.24) is 15.0 Å². The van der Waals surface area contributed by atoms with Gasteiger partial charge in [0.2, 0.25) is 5.82 Å². The quantitative estimate of drug-likeness (QED) is 0.513. The van der Waals surface area contributed by atoms with Gasteiger partial charge < -0.3 is 19.1 Å². The molecule has 9 heteroatoms. The molecule has 0 fully saturated rings. The number of rotatable bonds is 7. The number of fused-ring (bicyclic) bond motifs is 1. The molecule has 2 aromatic carbocycles. The van der Waals surface area contributed by atoms with Crippen molar-refractivity contribution in [3.8, 4) is 34.7 Å². The maximum absolute atomic E-state index is 11.5. The number of ether oxygens (including phenoxy) is 2. The van der Waals surface area contributed by atoms with Crippen molar-refractivity contribution < 1.29 is 23.9 Å². The van der Waals surface area contributed by atoms with Crippen molar-refractivity contribution in [1.29, 1.82) is 5.26 Å². The van der Waals surface area contributed by atoms with E-state index in [1.165, 1.54) is 18.2 Å². The Bertz CT molecular complexity index is 1250. The summed E-state index contributed by atoms with van der Waals surface area (Å²) in [5.74, 6) is 0.687. The standard InChI is InChI=1S/C26H28N4O5/c1-16(2)34-23-7-6-20(13-21(23)14-27)25-28-24(29-35-25)19-5-4-17-8-10-30(11-9-18(17)12-19)15-22(31)26(32)33-3/h4-7,12-13,16,22,31H,8-11,15H2,1-3H3/t22-/m1/s1. The maximum Gasteiger partial charge on any atom is 0.336 e. The Labute approximate surface area is 203 Å². The van der Waals surface area contributed by atoms with Crippen molar-refractivity contribution in [2.75, 3.05) is 26.7 Å². The first-order chi connectivity index (χ1) is 16.9. The van der Waals surface area contributed by atoms with Crippen molar-refractivity contribution in [2.45, 2.75) is 38.9 Å².